The van der Waals surface area contributed by atoms with Gasteiger partial charge in [0.1, 0.15) is 0 Å². The normalized spacial score (nSPS) is 15.0. The number of carboxylic acid groups (broad SMARTS) is 1. The molecule has 1 N–H and O–H groups in total. The number of carbonyl (C=O) groups is 1. The van der Waals surface area contributed by atoms with Gasteiger partial charge >= 0.3 is 12.1 Å². The summed E-state index contributed by atoms with van der Waals surface area (Å²) in [5.74, 6) is -1.80. The second-order valence-corrected chi connectivity index (χ2v) is 4.30. The van der Waals surface area contributed by atoms with E-state index in [2.05, 4.69) is 4.74 Å². The van der Waals surface area contributed by atoms with Gasteiger partial charge in [0.2, 0.25) is 0 Å². The van der Waals surface area contributed by atoms with Gasteiger partial charge in [-0.2, -0.15) is 13.2 Å². The Morgan fingerprint density at radius 2 is 1.95 bits per heavy atom. The zero-order valence-corrected chi connectivity index (χ0v) is 10.6. The monoisotopic (exact) mass is 276 g/mol. The van der Waals surface area contributed by atoms with E-state index in [1.165, 1.54) is 25.1 Å². The summed E-state index contributed by atoms with van der Waals surface area (Å²) in [5.41, 5.74) is 0.298. The Morgan fingerprint density at radius 1 is 1.37 bits per heavy atom. The first kappa shape index (κ1) is 15.5. The van der Waals surface area contributed by atoms with Gasteiger partial charge in [0, 0.05) is 7.11 Å². The second kappa shape index (κ2) is 6.06. The van der Waals surface area contributed by atoms with Gasteiger partial charge in [0.25, 0.3) is 0 Å². The highest BCUT2D eigenvalue weighted by Gasteiger charge is 2.42. The van der Waals surface area contributed by atoms with E-state index in [4.69, 9.17) is 5.11 Å². The van der Waals surface area contributed by atoms with Crippen LogP contribution in [-0.4, -0.2) is 24.4 Å². The molecule has 2 unspecified atom stereocenters. The molecule has 0 amide bonds. The molecule has 2 atom stereocenters. The van der Waals surface area contributed by atoms with Crippen molar-refractivity contribution in [1.29, 1.82) is 0 Å². The molecule has 0 aliphatic rings. The van der Waals surface area contributed by atoms with E-state index in [9.17, 15) is 18.0 Å². The number of rotatable bonds is 5. The molecule has 0 aliphatic heterocycles. The summed E-state index contributed by atoms with van der Waals surface area (Å²) < 4.78 is 43.0. The summed E-state index contributed by atoms with van der Waals surface area (Å²) >= 11 is 0. The Kier molecular flexibility index (Phi) is 4.94. The van der Waals surface area contributed by atoms with Gasteiger partial charge in [-0.1, -0.05) is 31.2 Å². The van der Waals surface area contributed by atoms with Crippen molar-refractivity contribution in [1.82, 2.24) is 0 Å². The molecule has 0 saturated heterocycles. The van der Waals surface area contributed by atoms with Crippen molar-refractivity contribution in [3.05, 3.63) is 35.4 Å². The van der Waals surface area contributed by atoms with E-state index in [1.54, 1.807) is 6.07 Å². The lowest BCUT2D eigenvalue weighted by Crippen LogP contribution is -2.24. The summed E-state index contributed by atoms with van der Waals surface area (Å²) in [5, 5.41) is 8.84. The van der Waals surface area contributed by atoms with Crippen molar-refractivity contribution in [2.24, 2.45) is 5.92 Å². The second-order valence-electron chi connectivity index (χ2n) is 4.30. The average Bonchev–Trinajstić information content (AvgIpc) is 2.30. The fourth-order valence-corrected chi connectivity index (χ4v) is 1.83. The van der Waals surface area contributed by atoms with E-state index in [1.807, 2.05) is 0 Å². The molecular weight excluding hydrogens is 261 g/mol. The van der Waals surface area contributed by atoms with Crippen molar-refractivity contribution in [3.63, 3.8) is 0 Å². The minimum atomic E-state index is -4.53. The Bertz CT molecular complexity index is 443. The Balaban J connectivity index is 3.11. The summed E-state index contributed by atoms with van der Waals surface area (Å²) in [7, 11) is 0.982. The number of alkyl halides is 3. The number of hydrogen-bond acceptors (Lipinski definition) is 2. The number of carboxylic acids is 1. The van der Waals surface area contributed by atoms with E-state index >= 15 is 0 Å². The third-order valence-corrected chi connectivity index (χ3v) is 2.82. The number of aliphatic carboxylic acids is 1. The lowest BCUT2D eigenvalue weighted by molar-refractivity contribution is -0.216. The molecule has 0 fully saturated rings. The third kappa shape index (κ3) is 3.96. The summed E-state index contributed by atoms with van der Waals surface area (Å²) in [6, 6.07) is 5.86. The van der Waals surface area contributed by atoms with Crippen molar-refractivity contribution in [3.8, 4) is 0 Å². The zero-order valence-electron chi connectivity index (χ0n) is 10.6. The number of halogens is 3. The maximum absolute atomic E-state index is 12.8. The smallest absolute Gasteiger partial charge is 0.418 e. The highest BCUT2D eigenvalue weighted by molar-refractivity contribution is 5.70. The average molecular weight is 276 g/mol. The highest BCUT2D eigenvalue weighted by Crippen LogP contribution is 2.37. The standard InChI is InChI=1S/C13H15F3O3/c1-8(12(17)18)7-9-5-3-4-6-10(9)11(19-2)13(14,15)16/h3-6,8,11H,7H2,1-2H3,(H,17,18). The number of benzene rings is 1. The first-order valence-corrected chi connectivity index (χ1v) is 5.67. The number of ether oxygens (including phenoxy) is 1. The van der Waals surface area contributed by atoms with Crippen LogP contribution in [0.4, 0.5) is 13.2 Å². The minimum Gasteiger partial charge on any atom is -0.481 e. The van der Waals surface area contributed by atoms with Gasteiger partial charge in [0.05, 0.1) is 5.92 Å². The fraction of sp³-hybridized carbons (Fsp3) is 0.462. The molecule has 3 nitrogen and oxygen atoms in total. The molecule has 0 spiro atoms. The quantitative estimate of drug-likeness (QED) is 0.898. The van der Waals surface area contributed by atoms with Crippen LogP contribution in [0.5, 0.6) is 0 Å². The highest BCUT2D eigenvalue weighted by atomic mass is 19.4. The van der Waals surface area contributed by atoms with Crippen LogP contribution < -0.4 is 0 Å². The van der Waals surface area contributed by atoms with E-state index in [0.29, 0.717) is 5.56 Å². The lowest BCUT2D eigenvalue weighted by atomic mass is 9.94. The SMILES string of the molecule is COC(c1ccccc1CC(C)C(=O)O)C(F)(F)F. The predicted molar refractivity (Wildman–Crippen MR) is 62.8 cm³/mol. The van der Waals surface area contributed by atoms with Crippen LogP contribution in [-0.2, 0) is 16.0 Å². The Morgan fingerprint density at radius 3 is 2.42 bits per heavy atom. The van der Waals surface area contributed by atoms with Crippen LogP contribution in [0.25, 0.3) is 0 Å². The molecule has 0 aliphatic carbocycles. The van der Waals surface area contributed by atoms with Crippen LogP contribution in [0.3, 0.4) is 0 Å². The van der Waals surface area contributed by atoms with E-state index in [-0.39, 0.29) is 12.0 Å². The van der Waals surface area contributed by atoms with Crippen molar-refractivity contribution in [2.45, 2.75) is 25.6 Å². The van der Waals surface area contributed by atoms with Crippen molar-refractivity contribution in [2.75, 3.05) is 7.11 Å². The maximum Gasteiger partial charge on any atom is 0.418 e. The number of methoxy groups -OCH3 is 1. The lowest BCUT2D eigenvalue weighted by Gasteiger charge is -2.22. The van der Waals surface area contributed by atoms with Gasteiger partial charge in [-0.3, -0.25) is 4.79 Å². The molecule has 0 aromatic heterocycles. The summed E-state index contributed by atoms with van der Waals surface area (Å²) in [6.07, 6.45) is -6.54. The zero-order chi connectivity index (χ0) is 14.6. The maximum atomic E-state index is 12.8. The van der Waals surface area contributed by atoms with Crippen LogP contribution >= 0.6 is 0 Å². The molecule has 0 bridgehead atoms. The van der Waals surface area contributed by atoms with E-state index in [0.717, 1.165) is 7.11 Å². The van der Waals surface area contributed by atoms with Crippen LogP contribution in [0.15, 0.2) is 24.3 Å². The largest absolute Gasteiger partial charge is 0.481 e. The number of hydrogen-bond donors (Lipinski definition) is 1. The minimum absolute atomic E-state index is 0.0292. The Hall–Kier alpha value is -1.56. The summed E-state index contributed by atoms with van der Waals surface area (Å²) in [6.45, 7) is 1.45. The molecule has 19 heavy (non-hydrogen) atoms. The molecule has 0 saturated carbocycles. The molecule has 0 radical (unpaired) electrons. The Labute approximate surface area is 109 Å². The molecule has 6 heteroatoms. The molecule has 1 aromatic carbocycles. The van der Waals surface area contributed by atoms with Gasteiger partial charge < -0.3 is 9.84 Å². The van der Waals surface area contributed by atoms with Crippen molar-refractivity contribution >= 4 is 5.97 Å². The molecule has 0 heterocycles. The molecular formula is C13H15F3O3. The first-order chi connectivity index (χ1) is 8.77. The third-order valence-electron chi connectivity index (χ3n) is 2.82. The van der Waals surface area contributed by atoms with Gasteiger partial charge in [-0.25, -0.2) is 0 Å². The first-order valence-electron chi connectivity index (χ1n) is 5.67. The predicted octanol–water partition coefficient (Wildman–Crippen LogP) is 3.20. The van der Waals surface area contributed by atoms with Crippen molar-refractivity contribution < 1.29 is 27.8 Å². The van der Waals surface area contributed by atoms with Gasteiger partial charge in [-0.15, -0.1) is 0 Å². The molecule has 106 valence electrons. The fourth-order valence-electron chi connectivity index (χ4n) is 1.83. The van der Waals surface area contributed by atoms with Crippen LogP contribution in [0.1, 0.15) is 24.2 Å². The summed E-state index contributed by atoms with van der Waals surface area (Å²) in [4.78, 5) is 10.8. The molecule has 1 aromatic rings. The van der Waals surface area contributed by atoms with Crippen LogP contribution in [0.2, 0.25) is 0 Å². The van der Waals surface area contributed by atoms with E-state index < -0.39 is 24.2 Å². The van der Waals surface area contributed by atoms with Crippen LogP contribution in [0, 0.1) is 5.92 Å². The van der Waals surface area contributed by atoms with Gasteiger partial charge in [0.15, 0.2) is 6.10 Å². The van der Waals surface area contributed by atoms with Gasteiger partial charge in [-0.05, 0) is 17.5 Å². The molecule has 1 rings (SSSR count). The topological polar surface area (TPSA) is 46.5 Å².